The molecule has 2 nitrogen and oxygen atoms in total. The molecule has 0 saturated heterocycles. The van der Waals surface area contributed by atoms with Crippen LogP contribution >= 0.6 is 0 Å². The molecule has 0 heterocycles. The van der Waals surface area contributed by atoms with Crippen LogP contribution in [-0.4, -0.2) is 5.78 Å². The van der Waals surface area contributed by atoms with Crippen molar-refractivity contribution >= 4 is 11.5 Å². The van der Waals surface area contributed by atoms with Crippen LogP contribution in [-0.2, 0) is 4.79 Å². The minimum absolute atomic E-state index is 0.0638. The lowest BCUT2D eigenvalue weighted by molar-refractivity contribution is -0.113. The van der Waals surface area contributed by atoms with E-state index in [0.717, 1.165) is 11.3 Å². The fourth-order valence-corrected chi connectivity index (χ4v) is 1.23. The van der Waals surface area contributed by atoms with Gasteiger partial charge in [-0.05, 0) is 31.6 Å². The van der Waals surface area contributed by atoms with Gasteiger partial charge in [0.2, 0.25) is 0 Å². The average Bonchev–Trinajstić information content (AvgIpc) is 2.15. The van der Waals surface area contributed by atoms with Gasteiger partial charge in [0, 0.05) is 12.6 Å². The van der Waals surface area contributed by atoms with Crippen molar-refractivity contribution in [2.45, 2.75) is 20.8 Å². The van der Waals surface area contributed by atoms with Crippen LogP contribution in [0, 0.1) is 0 Å². The molecule has 0 bridgehead atoms. The van der Waals surface area contributed by atoms with E-state index in [1.807, 2.05) is 44.2 Å². The normalized spacial score (nSPS) is 9.36. The van der Waals surface area contributed by atoms with Crippen LogP contribution in [0.5, 0.6) is 0 Å². The molecule has 0 aromatic heterocycles. The van der Waals surface area contributed by atoms with E-state index in [-0.39, 0.29) is 5.78 Å². The molecule has 0 fully saturated rings. The van der Waals surface area contributed by atoms with Crippen LogP contribution in [0.25, 0.3) is 0 Å². The van der Waals surface area contributed by atoms with Gasteiger partial charge in [0.1, 0.15) is 0 Å². The van der Waals surface area contributed by atoms with Gasteiger partial charge in [-0.25, -0.2) is 0 Å². The molecule has 1 aromatic carbocycles. The minimum Gasteiger partial charge on any atom is -0.353 e. The Morgan fingerprint density at radius 3 is 2.07 bits per heavy atom. The van der Waals surface area contributed by atoms with E-state index in [0.29, 0.717) is 5.70 Å². The minimum atomic E-state index is 0.0638. The third kappa shape index (κ3) is 2.73. The Balaban J connectivity index is 2.87. The summed E-state index contributed by atoms with van der Waals surface area (Å²) in [5, 5.41) is 3.11. The van der Waals surface area contributed by atoms with Gasteiger partial charge in [-0.2, -0.15) is 0 Å². The van der Waals surface area contributed by atoms with Gasteiger partial charge in [0.15, 0.2) is 5.78 Å². The zero-order valence-corrected chi connectivity index (χ0v) is 8.79. The predicted octanol–water partition coefficient (Wildman–Crippen LogP) is 2.98. The molecule has 0 saturated carbocycles. The number of allylic oxidation sites excluding steroid dienone is 2. The van der Waals surface area contributed by atoms with Crippen molar-refractivity contribution in [1.29, 1.82) is 0 Å². The van der Waals surface area contributed by atoms with E-state index in [1.54, 1.807) is 6.92 Å². The molecule has 0 atom stereocenters. The first kappa shape index (κ1) is 10.5. The number of Topliss-reactive ketones (excluding diaryl/α,β-unsaturated/α-hetero) is 1. The van der Waals surface area contributed by atoms with Crippen LogP contribution in [0.3, 0.4) is 0 Å². The van der Waals surface area contributed by atoms with Crippen LogP contribution in [0.4, 0.5) is 5.69 Å². The van der Waals surface area contributed by atoms with Gasteiger partial charge >= 0.3 is 0 Å². The Morgan fingerprint density at radius 1 is 1.07 bits per heavy atom. The maximum atomic E-state index is 11.3. The summed E-state index contributed by atoms with van der Waals surface area (Å²) in [5.41, 5.74) is 2.62. The van der Waals surface area contributed by atoms with Gasteiger partial charge in [-0.1, -0.05) is 18.2 Å². The Bertz CT molecular complexity index is 348. The molecular weight excluding hydrogens is 174 g/mol. The maximum Gasteiger partial charge on any atom is 0.175 e. The first-order valence-corrected chi connectivity index (χ1v) is 4.61. The summed E-state index contributed by atoms with van der Waals surface area (Å²) in [6, 6.07) is 9.69. The summed E-state index contributed by atoms with van der Waals surface area (Å²) in [6.45, 7) is 5.41. The molecule has 0 aliphatic rings. The highest BCUT2D eigenvalue weighted by Gasteiger charge is 2.04. The molecule has 1 rings (SSSR count). The summed E-state index contributed by atoms with van der Waals surface area (Å²) in [5.74, 6) is 0.0638. The van der Waals surface area contributed by atoms with Crippen molar-refractivity contribution in [3.63, 3.8) is 0 Å². The summed E-state index contributed by atoms with van der Waals surface area (Å²) in [4.78, 5) is 11.3. The molecule has 0 unspecified atom stereocenters. The number of ketones is 1. The number of anilines is 1. The highest BCUT2D eigenvalue weighted by atomic mass is 16.1. The lowest BCUT2D eigenvalue weighted by atomic mass is 10.2. The lowest BCUT2D eigenvalue weighted by Crippen LogP contribution is -2.09. The van der Waals surface area contributed by atoms with Gasteiger partial charge < -0.3 is 5.32 Å². The summed E-state index contributed by atoms with van der Waals surface area (Å²) in [7, 11) is 0. The van der Waals surface area contributed by atoms with E-state index in [9.17, 15) is 4.79 Å². The number of para-hydroxylation sites is 1. The van der Waals surface area contributed by atoms with E-state index in [1.165, 1.54) is 0 Å². The number of benzene rings is 1. The summed E-state index contributed by atoms with van der Waals surface area (Å²) < 4.78 is 0. The predicted molar refractivity (Wildman–Crippen MR) is 59.1 cm³/mol. The van der Waals surface area contributed by atoms with Crippen molar-refractivity contribution < 1.29 is 4.79 Å². The average molecular weight is 189 g/mol. The van der Waals surface area contributed by atoms with Crippen molar-refractivity contribution in [1.82, 2.24) is 0 Å². The smallest absolute Gasteiger partial charge is 0.175 e. The second kappa shape index (κ2) is 4.61. The Hall–Kier alpha value is -1.57. The number of hydrogen-bond donors (Lipinski definition) is 1. The maximum absolute atomic E-state index is 11.3. The molecule has 0 aliphatic carbocycles. The van der Waals surface area contributed by atoms with Crippen molar-refractivity contribution in [3.8, 4) is 0 Å². The van der Waals surface area contributed by atoms with Crippen molar-refractivity contribution in [2.24, 2.45) is 0 Å². The number of hydrogen-bond acceptors (Lipinski definition) is 2. The van der Waals surface area contributed by atoms with Crippen LogP contribution in [0.2, 0.25) is 0 Å². The Morgan fingerprint density at radius 2 is 1.64 bits per heavy atom. The number of carbonyl (C=O) groups excluding carboxylic acids is 1. The highest BCUT2D eigenvalue weighted by molar-refractivity contribution is 5.96. The van der Waals surface area contributed by atoms with Crippen LogP contribution in [0.1, 0.15) is 20.8 Å². The monoisotopic (exact) mass is 189 g/mol. The first-order chi connectivity index (χ1) is 6.61. The van der Waals surface area contributed by atoms with E-state index < -0.39 is 0 Å². The standard InChI is InChI=1S/C12H15NO/c1-9(2)12(10(3)14)13-11-7-5-4-6-8-11/h4-8,13H,1-3H3. The van der Waals surface area contributed by atoms with E-state index in [2.05, 4.69) is 5.32 Å². The van der Waals surface area contributed by atoms with Crippen LogP contribution in [0.15, 0.2) is 41.6 Å². The molecule has 0 amide bonds. The first-order valence-electron chi connectivity index (χ1n) is 4.61. The van der Waals surface area contributed by atoms with Gasteiger partial charge in [-0.3, -0.25) is 4.79 Å². The summed E-state index contributed by atoms with van der Waals surface area (Å²) in [6.07, 6.45) is 0. The number of carbonyl (C=O) groups is 1. The largest absolute Gasteiger partial charge is 0.353 e. The third-order valence-electron chi connectivity index (χ3n) is 1.90. The van der Waals surface area contributed by atoms with Gasteiger partial charge in [0.25, 0.3) is 0 Å². The van der Waals surface area contributed by atoms with Crippen molar-refractivity contribution in [2.75, 3.05) is 5.32 Å². The Kier molecular flexibility index (Phi) is 3.46. The summed E-state index contributed by atoms with van der Waals surface area (Å²) >= 11 is 0. The SMILES string of the molecule is CC(=O)C(Nc1ccccc1)=C(C)C. The fourth-order valence-electron chi connectivity index (χ4n) is 1.23. The zero-order chi connectivity index (χ0) is 10.6. The molecule has 1 aromatic rings. The number of rotatable bonds is 3. The zero-order valence-electron chi connectivity index (χ0n) is 8.79. The molecule has 0 aliphatic heterocycles. The Labute approximate surface area is 84.6 Å². The molecule has 14 heavy (non-hydrogen) atoms. The third-order valence-corrected chi connectivity index (χ3v) is 1.90. The molecule has 74 valence electrons. The second-order valence-corrected chi connectivity index (χ2v) is 3.42. The van der Waals surface area contributed by atoms with Gasteiger partial charge in [0.05, 0.1) is 5.70 Å². The van der Waals surface area contributed by atoms with E-state index in [4.69, 9.17) is 0 Å². The fraction of sp³-hybridized carbons (Fsp3) is 0.250. The van der Waals surface area contributed by atoms with E-state index >= 15 is 0 Å². The molecule has 0 radical (unpaired) electrons. The lowest BCUT2D eigenvalue weighted by Gasteiger charge is -2.09. The molecular formula is C12H15NO. The number of nitrogens with one attached hydrogen (secondary N) is 1. The molecule has 2 heteroatoms. The van der Waals surface area contributed by atoms with Crippen molar-refractivity contribution in [3.05, 3.63) is 41.6 Å². The molecule has 0 spiro atoms. The van der Waals surface area contributed by atoms with Crippen LogP contribution < -0.4 is 5.32 Å². The topological polar surface area (TPSA) is 29.1 Å². The second-order valence-electron chi connectivity index (χ2n) is 3.42. The molecule has 1 N–H and O–H groups in total. The van der Waals surface area contributed by atoms with Gasteiger partial charge in [-0.15, -0.1) is 0 Å². The highest BCUT2D eigenvalue weighted by Crippen LogP contribution is 2.12. The quantitative estimate of drug-likeness (QED) is 0.740.